The third-order valence-electron chi connectivity index (χ3n) is 10.5. The van der Waals surface area contributed by atoms with Crippen molar-refractivity contribution in [2.24, 2.45) is 28.9 Å². The number of ether oxygens (including phenoxy) is 1. The number of fused-ring (bicyclic) bond motifs is 2. The van der Waals surface area contributed by atoms with Crippen LogP contribution in [0.1, 0.15) is 56.9 Å². The molecule has 4 bridgehead atoms. The summed E-state index contributed by atoms with van der Waals surface area (Å²) in [5, 5.41) is 14.0. The molecule has 2 aromatic rings. The SMILES string of the molecule is CN[C@@H](Cc1c[nH]c2ccccc12)C(=O)OC12CC3C[C@H](C1)CC([C@H](N)C(=O)N1C4CC4C[C@H]1C#N)(C3)C2. The Bertz CT molecular complexity index is 1310. The molecule has 8 nitrogen and oxygen atoms in total. The minimum atomic E-state index is -0.645. The number of nitrogens with two attached hydrogens (primary N) is 1. The first-order valence-corrected chi connectivity index (χ1v) is 14.3. The van der Waals surface area contributed by atoms with Crippen LogP contribution < -0.4 is 11.1 Å². The molecule has 4 N–H and O–H groups in total. The van der Waals surface area contributed by atoms with Gasteiger partial charge in [-0.05, 0) is 93.2 Å². The molecule has 1 amide bonds. The highest BCUT2D eigenvalue weighted by molar-refractivity contribution is 5.85. The Morgan fingerprint density at radius 1 is 1.21 bits per heavy atom. The molecule has 0 spiro atoms. The molecule has 5 unspecified atom stereocenters. The number of benzene rings is 1. The van der Waals surface area contributed by atoms with Crippen LogP contribution in [0.2, 0.25) is 0 Å². The van der Waals surface area contributed by atoms with Gasteiger partial charge in [-0.3, -0.25) is 9.59 Å². The average molecular weight is 516 g/mol. The second-order valence-corrected chi connectivity index (χ2v) is 13.0. The lowest BCUT2D eigenvalue weighted by Crippen LogP contribution is -2.66. The monoisotopic (exact) mass is 515 g/mol. The van der Waals surface area contributed by atoms with Crippen molar-refractivity contribution in [3.05, 3.63) is 36.0 Å². The summed E-state index contributed by atoms with van der Waals surface area (Å²) in [4.78, 5) is 32.5. The van der Waals surface area contributed by atoms with Gasteiger partial charge in [0.05, 0.1) is 12.1 Å². The standard InChI is InChI=1S/C30H37N5O3/c1-33-24(8-20-15-34-23-5-3-2-4-22(20)23)28(37)38-30-12-17-6-18(13-30)11-29(10-17,16-30)26(32)27(36)35-21(14-31)7-19-9-25(19)35/h2-5,15,17-19,21,24-26,33-34H,6-13,16,32H2,1H3/t17-,18?,19?,21-,24-,25?,26+,29?,30?/m0/s1. The first kappa shape index (κ1) is 24.2. The topological polar surface area (TPSA) is 124 Å². The van der Waals surface area contributed by atoms with Crippen LogP contribution in [-0.2, 0) is 20.7 Å². The third kappa shape index (κ3) is 3.70. The first-order valence-electron chi connectivity index (χ1n) is 14.3. The molecule has 200 valence electrons. The van der Waals surface area contributed by atoms with E-state index in [1.165, 1.54) is 0 Å². The van der Waals surface area contributed by atoms with Gasteiger partial charge >= 0.3 is 5.97 Å². The van der Waals surface area contributed by atoms with E-state index in [2.05, 4.69) is 22.4 Å². The van der Waals surface area contributed by atoms with Crippen LogP contribution in [0, 0.1) is 34.5 Å². The Morgan fingerprint density at radius 2 is 1.97 bits per heavy atom. The van der Waals surface area contributed by atoms with Crippen molar-refractivity contribution in [2.45, 2.75) is 87.6 Å². The molecule has 1 saturated heterocycles. The van der Waals surface area contributed by atoms with E-state index in [1.54, 1.807) is 0 Å². The largest absolute Gasteiger partial charge is 0.458 e. The summed E-state index contributed by atoms with van der Waals surface area (Å²) in [6.07, 6.45) is 9.62. The zero-order chi connectivity index (χ0) is 26.2. The number of carbonyl (C=O) groups is 2. The number of likely N-dealkylation sites (tertiary alicyclic amines) is 1. The normalized spacial score (nSPS) is 38.0. The van der Waals surface area contributed by atoms with E-state index >= 15 is 0 Å². The number of aromatic nitrogens is 1. The predicted molar refractivity (Wildman–Crippen MR) is 142 cm³/mol. The number of rotatable bonds is 7. The minimum absolute atomic E-state index is 0.0580. The maximum Gasteiger partial charge on any atom is 0.324 e. The number of amides is 1. The number of hydrogen-bond acceptors (Lipinski definition) is 6. The van der Waals surface area contributed by atoms with Crippen molar-refractivity contribution in [3.8, 4) is 6.07 Å². The van der Waals surface area contributed by atoms with E-state index in [0.717, 1.165) is 61.4 Å². The fourth-order valence-corrected chi connectivity index (χ4v) is 9.15. The fraction of sp³-hybridized carbons (Fsp3) is 0.633. The van der Waals surface area contributed by atoms with Crippen LogP contribution in [-0.4, -0.2) is 58.6 Å². The van der Waals surface area contributed by atoms with Crippen LogP contribution in [0.25, 0.3) is 10.9 Å². The molecule has 1 aliphatic heterocycles. The van der Waals surface area contributed by atoms with Gasteiger partial charge in [-0.25, -0.2) is 0 Å². The maximum atomic E-state index is 13.8. The molecule has 8 heteroatoms. The second-order valence-electron chi connectivity index (χ2n) is 13.0. The number of para-hydroxylation sites is 1. The van der Waals surface area contributed by atoms with Crippen molar-refractivity contribution in [1.82, 2.24) is 15.2 Å². The van der Waals surface area contributed by atoms with Gasteiger partial charge in [-0.1, -0.05) is 18.2 Å². The molecule has 9 atom stereocenters. The maximum absolute atomic E-state index is 13.8. The molecule has 0 radical (unpaired) electrons. The number of H-pyrrole nitrogens is 1. The van der Waals surface area contributed by atoms with Crippen LogP contribution >= 0.6 is 0 Å². The van der Waals surface area contributed by atoms with Gasteiger partial charge in [0.1, 0.15) is 17.7 Å². The number of esters is 1. The molecular weight excluding hydrogens is 478 g/mol. The number of piperidine rings is 1. The summed E-state index contributed by atoms with van der Waals surface area (Å²) >= 11 is 0. The lowest BCUT2D eigenvalue weighted by Gasteiger charge is -2.62. The van der Waals surface area contributed by atoms with Crippen LogP contribution in [0.3, 0.4) is 0 Å². The first-order chi connectivity index (χ1) is 18.3. The van der Waals surface area contributed by atoms with Crippen LogP contribution in [0.15, 0.2) is 30.5 Å². The van der Waals surface area contributed by atoms with Gasteiger partial charge in [-0.15, -0.1) is 0 Å². The van der Waals surface area contributed by atoms with Gasteiger partial charge in [-0.2, -0.15) is 5.26 Å². The summed E-state index contributed by atoms with van der Waals surface area (Å²) in [6, 6.07) is 9.20. The number of nitrogens with zero attached hydrogens (tertiary/aromatic N) is 2. The van der Waals surface area contributed by atoms with Crippen molar-refractivity contribution < 1.29 is 14.3 Å². The quantitative estimate of drug-likeness (QED) is 0.487. The van der Waals surface area contributed by atoms with E-state index in [-0.39, 0.29) is 29.4 Å². The average Bonchev–Trinajstić information content (AvgIpc) is 3.37. The zero-order valence-corrected chi connectivity index (χ0v) is 22.0. The molecule has 38 heavy (non-hydrogen) atoms. The lowest BCUT2D eigenvalue weighted by atomic mass is 9.46. The Kier molecular flexibility index (Phi) is 5.44. The van der Waals surface area contributed by atoms with Gasteiger partial charge in [0, 0.05) is 29.6 Å². The molecule has 5 aliphatic carbocycles. The highest BCUT2D eigenvalue weighted by Gasteiger charge is 2.64. The summed E-state index contributed by atoms with van der Waals surface area (Å²) in [5.74, 6) is 1.03. The molecule has 5 saturated carbocycles. The van der Waals surface area contributed by atoms with E-state index in [1.807, 2.05) is 36.3 Å². The number of carbonyl (C=O) groups excluding carboxylic acids is 2. The molecular formula is C30H37N5O3. The molecule has 8 rings (SSSR count). The molecule has 6 aliphatic rings. The van der Waals surface area contributed by atoms with E-state index < -0.39 is 17.7 Å². The van der Waals surface area contributed by atoms with Gasteiger partial charge in [0.15, 0.2) is 0 Å². The molecule has 6 fully saturated rings. The second kappa shape index (κ2) is 8.56. The number of likely N-dealkylation sites (N-methyl/N-ethyl adjacent to an activating group) is 1. The summed E-state index contributed by atoms with van der Waals surface area (Å²) < 4.78 is 6.47. The van der Waals surface area contributed by atoms with Gasteiger partial charge < -0.3 is 25.7 Å². The molecule has 1 aromatic heterocycles. The number of hydrogen-bond donors (Lipinski definition) is 3. The van der Waals surface area contributed by atoms with Crippen LogP contribution in [0.5, 0.6) is 0 Å². The highest BCUT2D eigenvalue weighted by Crippen LogP contribution is 2.64. The van der Waals surface area contributed by atoms with Gasteiger partial charge in [0.25, 0.3) is 0 Å². The Labute approximate surface area is 223 Å². The predicted octanol–water partition coefficient (Wildman–Crippen LogP) is 3.02. The van der Waals surface area contributed by atoms with E-state index in [0.29, 0.717) is 30.6 Å². The van der Waals surface area contributed by atoms with Crippen molar-refractivity contribution in [2.75, 3.05) is 7.05 Å². The van der Waals surface area contributed by atoms with E-state index in [9.17, 15) is 14.9 Å². The Balaban J connectivity index is 1.10. The van der Waals surface area contributed by atoms with Crippen LogP contribution in [0.4, 0.5) is 0 Å². The number of nitriles is 1. The molecule has 2 heterocycles. The summed E-state index contributed by atoms with van der Waals surface area (Å²) in [7, 11) is 1.81. The van der Waals surface area contributed by atoms with E-state index in [4.69, 9.17) is 10.5 Å². The van der Waals surface area contributed by atoms with Crippen molar-refractivity contribution >= 4 is 22.8 Å². The Morgan fingerprint density at radius 3 is 2.71 bits per heavy atom. The third-order valence-corrected chi connectivity index (χ3v) is 10.5. The van der Waals surface area contributed by atoms with Crippen molar-refractivity contribution in [3.63, 3.8) is 0 Å². The smallest absolute Gasteiger partial charge is 0.324 e. The van der Waals surface area contributed by atoms with Gasteiger partial charge in [0.2, 0.25) is 5.91 Å². The summed E-state index contributed by atoms with van der Waals surface area (Å²) in [5.41, 5.74) is 8.08. The zero-order valence-electron chi connectivity index (χ0n) is 22.0. The molecule has 1 aromatic carbocycles. The number of nitrogens with one attached hydrogen (secondary N) is 2. The number of aromatic amines is 1. The Hall–Kier alpha value is -2.89. The summed E-state index contributed by atoms with van der Waals surface area (Å²) in [6.45, 7) is 0. The van der Waals surface area contributed by atoms with Crippen molar-refractivity contribution in [1.29, 1.82) is 5.26 Å². The minimum Gasteiger partial charge on any atom is -0.458 e. The lowest BCUT2D eigenvalue weighted by molar-refractivity contribution is -0.207. The fourth-order valence-electron chi connectivity index (χ4n) is 9.15. The highest BCUT2D eigenvalue weighted by atomic mass is 16.6.